The zero-order valence-corrected chi connectivity index (χ0v) is 24.5. The third-order valence-electron chi connectivity index (χ3n) is 5.53. The number of halogens is 6. The number of rotatable bonds is 7. The van der Waals surface area contributed by atoms with E-state index in [1.54, 1.807) is 59.5 Å². The molecule has 3 aromatic rings. The minimum Gasteiger partial charge on any atom is -0.317 e. The van der Waals surface area contributed by atoms with E-state index in [4.69, 9.17) is 39.8 Å². The molecule has 1 heterocycles. The highest BCUT2D eigenvalue weighted by atomic mass is 79.9. The van der Waals surface area contributed by atoms with E-state index < -0.39 is 27.2 Å². The van der Waals surface area contributed by atoms with Gasteiger partial charge in [-0.25, -0.2) is 19.1 Å². The van der Waals surface area contributed by atoms with E-state index in [1.165, 1.54) is 25.2 Å². The Morgan fingerprint density at radius 2 is 1.46 bits per heavy atom. The monoisotopic (exact) mass is 688 g/mol. The van der Waals surface area contributed by atoms with Gasteiger partial charge in [-0.05, 0) is 60.7 Å². The average Bonchev–Trinajstić information content (AvgIpc) is 3.09. The molecule has 1 atom stereocenters. The molecule has 0 aromatic heterocycles. The topological polar surface area (TPSA) is 56.2 Å². The van der Waals surface area contributed by atoms with Crippen molar-refractivity contribution in [2.45, 2.75) is 9.40 Å². The second-order valence-corrected chi connectivity index (χ2v) is 13.0. The molecule has 12 heteroatoms. The molecule has 0 radical (unpaired) electrons. The fourth-order valence-corrected chi connectivity index (χ4v) is 4.70. The number of alkyl halides is 3. The van der Waals surface area contributed by atoms with Crippen molar-refractivity contribution in [2.24, 2.45) is 4.99 Å². The number of imide groups is 1. The number of aliphatic imine (C=N–C) groups is 1. The third-order valence-corrected chi connectivity index (χ3v) is 8.48. The number of para-hydroxylation sites is 1. The van der Waals surface area contributed by atoms with Gasteiger partial charge in [0, 0.05) is 28.5 Å². The van der Waals surface area contributed by atoms with Crippen LogP contribution in [0.1, 0.15) is 0 Å². The number of hydrogen-bond donors (Lipinski definition) is 0. The molecule has 1 aliphatic rings. The number of likely N-dealkylation sites (N-methyl/N-ethyl adjacent to an activating group) is 1. The van der Waals surface area contributed by atoms with E-state index in [0.29, 0.717) is 21.4 Å². The van der Waals surface area contributed by atoms with Gasteiger partial charge in [0.25, 0.3) is 5.91 Å². The van der Waals surface area contributed by atoms with Crippen LogP contribution in [0.3, 0.4) is 0 Å². The predicted octanol–water partition coefficient (Wildman–Crippen LogP) is 7.82. The van der Waals surface area contributed by atoms with E-state index in [0.717, 1.165) is 9.80 Å². The van der Waals surface area contributed by atoms with Crippen LogP contribution in [0.4, 0.5) is 26.2 Å². The van der Waals surface area contributed by atoms with Crippen LogP contribution in [0, 0.1) is 5.82 Å². The molecule has 3 aromatic carbocycles. The molecule has 0 aliphatic carbocycles. The summed E-state index contributed by atoms with van der Waals surface area (Å²) in [5, 5.41) is 1.04. The van der Waals surface area contributed by atoms with Gasteiger partial charge < -0.3 is 4.90 Å². The Morgan fingerprint density at radius 3 is 1.95 bits per heavy atom. The van der Waals surface area contributed by atoms with Crippen LogP contribution in [-0.4, -0.2) is 45.0 Å². The zero-order chi connectivity index (χ0) is 26.9. The first-order valence-corrected chi connectivity index (χ1v) is 13.6. The van der Waals surface area contributed by atoms with Crippen molar-refractivity contribution in [1.82, 2.24) is 4.90 Å². The lowest BCUT2D eigenvalue weighted by atomic mass is 10.2. The lowest BCUT2D eigenvalue weighted by molar-refractivity contribution is -0.119. The first-order chi connectivity index (χ1) is 17.5. The van der Waals surface area contributed by atoms with Gasteiger partial charge in [-0.2, -0.15) is 0 Å². The number of amides is 3. The van der Waals surface area contributed by atoms with Gasteiger partial charge in [0.1, 0.15) is 9.05 Å². The average molecular weight is 692 g/mol. The highest BCUT2D eigenvalue weighted by Crippen LogP contribution is 2.42. The molecular formula is C25H18Br2Cl3FN4O2. The molecule has 6 nitrogen and oxygen atoms in total. The zero-order valence-electron chi connectivity index (χ0n) is 19.1. The normalized spacial score (nSPS) is 16.0. The number of benzene rings is 3. The summed E-state index contributed by atoms with van der Waals surface area (Å²) in [6, 6.07) is 18.8. The quantitative estimate of drug-likeness (QED) is 0.188. The number of hydrogen-bond acceptors (Lipinski definition) is 4. The molecule has 0 spiro atoms. The van der Waals surface area contributed by atoms with Crippen LogP contribution in [0.2, 0.25) is 10.0 Å². The largest absolute Gasteiger partial charge is 0.337 e. The molecule has 1 aliphatic heterocycles. The molecule has 0 bridgehead atoms. The van der Waals surface area contributed by atoms with Crippen molar-refractivity contribution < 1.29 is 14.0 Å². The summed E-state index contributed by atoms with van der Waals surface area (Å²) < 4.78 is 13.7. The fourth-order valence-electron chi connectivity index (χ4n) is 3.70. The SMILES string of the molecule is CN1C(=O)C(=NC(N(c2ccc(Cl)cc2)c2ccc(Cl)cc2)C(Br)(Br)CCl)N(c2ccccc2F)C1=O. The Morgan fingerprint density at radius 1 is 0.946 bits per heavy atom. The van der Waals surface area contributed by atoms with Crippen molar-refractivity contribution in [3.05, 3.63) is 88.7 Å². The Labute approximate surface area is 244 Å². The Bertz CT molecular complexity index is 1310. The molecule has 37 heavy (non-hydrogen) atoms. The maximum Gasteiger partial charge on any atom is 0.337 e. The number of carbonyl (C=O) groups is 2. The van der Waals surface area contributed by atoms with Crippen LogP contribution in [-0.2, 0) is 4.79 Å². The summed E-state index contributed by atoms with van der Waals surface area (Å²) in [5.74, 6) is -1.67. The maximum atomic E-state index is 14.8. The van der Waals surface area contributed by atoms with Gasteiger partial charge in [-0.15, -0.1) is 11.6 Å². The smallest absolute Gasteiger partial charge is 0.317 e. The van der Waals surface area contributed by atoms with Crippen molar-refractivity contribution in [1.29, 1.82) is 0 Å². The van der Waals surface area contributed by atoms with Gasteiger partial charge in [0.15, 0.2) is 6.17 Å². The first kappa shape index (κ1) is 27.9. The van der Waals surface area contributed by atoms with Gasteiger partial charge in [-0.1, -0.05) is 67.2 Å². The van der Waals surface area contributed by atoms with Gasteiger partial charge in [-0.3, -0.25) is 9.69 Å². The van der Waals surface area contributed by atoms with Crippen molar-refractivity contribution in [3.63, 3.8) is 0 Å². The predicted molar refractivity (Wildman–Crippen MR) is 155 cm³/mol. The molecule has 1 fully saturated rings. The van der Waals surface area contributed by atoms with E-state index >= 15 is 0 Å². The van der Waals surface area contributed by atoms with E-state index in [9.17, 15) is 14.0 Å². The standard InChI is InChI=1S/C25H18Br2Cl3FN4O2/c1-33-22(36)21(35(24(33)37)20-5-3-2-4-19(20)31)32-23(25(26,27)14-28)34(17-10-6-15(29)7-11-17)18-12-8-16(30)9-13-18/h2-13,23H,14H2,1H3. The van der Waals surface area contributed by atoms with Crippen LogP contribution in [0.15, 0.2) is 77.8 Å². The van der Waals surface area contributed by atoms with Gasteiger partial charge in [0.2, 0.25) is 5.84 Å². The lowest BCUT2D eigenvalue weighted by Gasteiger charge is -2.38. The Hall–Kier alpha value is -2.17. The lowest BCUT2D eigenvalue weighted by Crippen LogP contribution is -2.46. The highest BCUT2D eigenvalue weighted by Gasteiger charge is 2.46. The fraction of sp³-hybridized carbons (Fsp3) is 0.160. The Balaban J connectivity index is 1.96. The molecule has 1 unspecified atom stereocenters. The Kier molecular flexibility index (Phi) is 8.50. The molecule has 3 amide bonds. The minimum absolute atomic E-state index is 0.0101. The second-order valence-electron chi connectivity index (χ2n) is 7.98. The summed E-state index contributed by atoms with van der Waals surface area (Å²) >= 11 is 25.8. The summed E-state index contributed by atoms with van der Waals surface area (Å²) in [4.78, 5) is 34.7. The minimum atomic E-state index is -1.11. The molecule has 192 valence electrons. The maximum absolute atomic E-state index is 14.8. The van der Waals surface area contributed by atoms with E-state index in [2.05, 4.69) is 31.9 Å². The van der Waals surface area contributed by atoms with Crippen molar-refractivity contribution in [2.75, 3.05) is 22.7 Å². The third kappa shape index (κ3) is 5.66. The van der Waals surface area contributed by atoms with Crippen molar-refractivity contribution >= 4 is 101 Å². The molecular weight excluding hydrogens is 673 g/mol. The van der Waals surface area contributed by atoms with Crippen LogP contribution >= 0.6 is 66.7 Å². The molecule has 4 rings (SSSR count). The van der Waals surface area contributed by atoms with Gasteiger partial charge >= 0.3 is 6.03 Å². The first-order valence-electron chi connectivity index (χ1n) is 10.7. The number of anilines is 3. The number of nitrogens with zero attached hydrogens (tertiary/aromatic N) is 4. The van der Waals surface area contributed by atoms with Crippen LogP contribution < -0.4 is 9.80 Å². The number of urea groups is 1. The summed E-state index contributed by atoms with van der Waals surface area (Å²) in [6.07, 6.45) is -0.972. The van der Waals surface area contributed by atoms with Crippen molar-refractivity contribution in [3.8, 4) is 0 Å². The summed E-state index contributed by atoms with van der Waals surface area (Å²) in [5.41, 5.74) is 1.20. The van der Waals surface area contributed by atoms with E-state index in [1.807, 2.05) is 0 Å². The molecule has 0 N–H and O–H groups in total. The summed E-state index contributed by atoms with van der Waals surface area (Å²) in [6.45, 7) is 0. The van der Waals surface area contributed by atoms with E-state index in [-0.39, 0.29) is 17.4 Å². The molecule has 0 saturated carbocycles. The van der Waals surface area contributed by atoms with Crippen LogP contribution in [0.25, 0.3) is 0 Å². The highest BCUT2D eigenvalue weighted by molar-refractivity contribution is 9.25. The van der Waals surface area contributed by atoms with Crippen LogP contribution in [0.5, 0.6) is 0 Å². The van der Waals surface area contributed by atoms with Gasteiger partial charge in [0.05, 0.1) is 11.6 Å². The molecule has 1 saturated heterocycles. The number of carbonyl (C=O) groups excluding carboxylic acids is 2. The number of amidine groups is 1. The second kappa shape index (κ2) is 11.3. The summed E-state index contributed by atoms with van der Waals surface area (Å²) in [7, 11) is 1.31.